The SMILES string of the molecule is CN(C)c1cccc(S(=O)(=O)CCC[O])c1N(C)C. The number of benzene rings is 1. The quantitative estimate of drug-likeness (QED) is 0.793. The van der Waals surface area contributed by atoms with E-state index in [1.165, 1.54) is 0 Å². The Hall–Kier alpha value is -1.27. The first kappa shape index (κ1) is 15.8. The molecule has 6 heteroatoms. The van der Waals surface area contributed by atoms with Crippen LogP contribution < -0.4 is 9.80 Å². The highest BCUT2D eigenvalue weighted by Crippen LogP contribution is 2.34. The van der Waals surface area contributed by atoms with Crippen molar-refractivity contribution in [2.45, 2.75) is 11.3 Å². The monoisotopic (exact) mass is 285 g/mol. The van der Waals surface area contributed by atoms with Gasteiger partial charge < -0.3 is 9.80 Å². The molecule has 0 aliphatic carbocycles. The molecule has 0 bridgehead atoms. The van der Waals surface area contributed by atoms with Gasteiger partial charge in [0.15, 0.2) is 9.84 Å². The minimum Gasteiger partial charge on any atom is -0.376 e. The van der Waals surface area contributed by atoms with Crippen LogP contribution in [0.3, 0.4) is 0 Å². The maximum atomic E-state index is 12.3. The average Bonchev–Trinajstić information content (AvgIpc) is 2.35. The second kappa shape index (κ2) is 6.25. The van der Waals surface area contributed by atoms with Crippen molar-refractivity contribution < 1.29 is 13.5 Å². The van der Waals surface area contributed by atoms with Crippen molar-refractivity contribution in [3.63, 3.8) is 0 Å². The molecule has 0 heterocycles. The molecule has 0 aliphatic heterocycles. The maximum Gasteiger partial charge on any atom is 0.180 e. The van der Waals surface area contributed by atoms with Crippen molar-refractivity contribution in [2.75, 3.05) is 50.4 Å². The number of hydrogen-bond donors (Lipinski definition) is 0. The first-order valence-electron chi connectivity index (χ1n) is 6.09. The Labute approximate surface area is 115 Å². The van der Waals surface area contributed by atoms with Crippen LogP contribution in [0.4, 0.5) is 11.4 Å². The van der Waals surface area contributed by atoms with Crippen LogP contribution in [0.2, 0.25) is 0 Å². The second-order valence-electron chi connectivity index (χ2n) is 4.79. The Kier molecular flexibility index (Phi) is 5.20. The minimum atomic E-state index is -3.42. The first-order valence-corrected chi connectivity index (χ1v) is 7.75. The van der Waals surface area contributed by atoms with Gasteiger partial charge in [0.2, 0.25) is 0 Å². The lowest BCUT2D eigenvalue weighted by Crippen LogP contribution is -2.20. The third kappa shape index (κ3) is 3.61. The number of hydrogen-bond acceptors (Lipinski definition) is 4. The lowest BCUT2D eigenvalue weighted by molar-refractivity contribution is 0.194. The predicted octanol–water partition coefficient (Wildman–Crippen LogP) is 1.41. The molecule has 19 heavy (non-hydrogen) atoms. The molecule has 0 unspecified atom stereocenters. The highest BCUT2D eigenvalue weighted by atomic mass is 32.2. The predicted molar refractivity (Wildman–Crippen MR) is 77.3 cm³/mol. The Balaban J connectivity index is 3.39. The highest BCUT2D eigenvalue weighted by Gasteiger charge is 2.22. The molecule has 0 saturated heterocycles. The van der Waals surface area contributed by atoms with Gasteiger partial charge >= 0.3 is 0 Å². The van der Waals surface area contributed by atoms with Crippen LogP contribution in [-0.2, 0) is 14.9 Å². The van der Waals surface area contributed by atoms with Gasteiger partial charge in [-0.2, -0.15) is 0 Å². The van der Waals surface area contributed by atoms with Crippen molar-refractivity contribution >= 4 is 21.2 Å². The average molecular weight is 285 g/mol. The maximum absolute atomic E-state index is 12.3. The highest BCUT2D eigenvalue weighted by molar-refractivity contribution is 7.91. The van der Waals surface area contributed by atoms with Crippen LogP contribution >= 0.6 is 0 Å². The van der Waals surface area contributed by atoms with E-state index in [9.17, 15) is 13.5 Å². The van der Waals surface area contributed by atoms with Crippen LogP contribution in [0.15, 0.2) is 23.1 Å². The minimum absolute atomic E-state index is 0.103. The van der Waals surface area contributed by atoms with Crippen LogP contribution in [0.1, 0.15) is 6.42 Å². The molecule has 0 atom stereocenters. The summed E-state index contributed by atoms with van der Waals surface area (Å²) in [5.74, 6) is -0.103. The van der Waals surface area contributed by atoms with Crippen LogP contribution in [-0.4, -0.2) is 49.0 Å². The molecule has 0 aliphatic rings. The molecule has 0 N–H and O–H groups in total. The Morgan fingerprint density at radius 3 is 2.16 bits per heavy atom. The van der Waals surface area contributed by atoms with E-state index in [0.29, 0.717) is 5.69 Å². The van der Waals surface area contributed by atoms with Crippen molar-refractivity contribution in [2.24, 2.45) is 0 Å². The van der Waals surface area contributed by atoms with Crippen LogP contribution in [0.5, 0.6) is 0 Å². The standard InChI is InChI=1S/C13H21N2O3S/c1-14(2)11-7-5-8-12(13(11)15(3)4)19(17,18)10-6-9-16/h5,7-8H,6,9-10H2,1-4H3. The third-order valence-electron chi connectivity index (χ3n) is 2.80. The van der Waals surface area contributed by atoms with Gasteiger partial charge in [0.05, 0.1) is 28.6 Å². The van der Waals surface area contributed by atoms with Gasteiger partial charge in [-0.1, -0.05) is 6.07 Å². The molecule has 1 rings (SSSR count). The summed E-state index contributed by atoms with van der Waals surface area (Å²) in [6.45, 7) is -0.371. The van der Waals surface area contributed by atoms with Gasteiger partial charge in [-0.25, -0.2) is 13.5 Å². The molecule has 107 valence electrons. The summed E-state index contributed by atoms with van der Waals surface area (Å²) >= 11 is 0. The molecule has 1 radical (unpaired) electrons. The van der Waals surface area contributed by atoms with E-state index in [1.54, 1.807) is 17.0 Å². The smallest absolute Gasteiger partial charge is 0.180 e. The Bertz CT molecular complexity index is 525. The summed E-state index contributed by atoms with van der Waals surface area (Å²) in [5, 5.41) is 10.5. The largest absolute Gasteiger partial charge is 0.376 e. The zero-order valence-electron chi connectivity index (χ0n) is 11.9. The molecule has 0 saturated carbocycles. The number of rotatable bonds is 6. The van der Waals surface area contributed by atoms with E-state index in [4.69, 9.17) is 0 Å². The van der Waals surface area contributed by atoms with Gasteiger partial charge in [0, 0.05) is 28.2 Å². The summed E-state index contributed by atoms with van der Waals surface area (Å²) in [6.07, 6.45) is 0.140. The van der Waals surface area contributed by atoms with E-state index in [2.05, 4.69) is 0 Å². The number of nitrogens with zero attached hydrogens (tertiary/aromatic N) is 2. The molecule has 1 aromatic carbocycles. The Morgan fingerprint density at radius 2 is 1.68 bits per heavy atom. The molecule has 0 fully saturated rings. The summed E-state index contributed by atoms with van der Waals surface area (Å²) in [7, 11) is 3.95. The first-order chi connectivity index (χ1) is 8.81. The van der Waals surface area contributed by atoms with E-state index < -0.39 is 9.84 Å². The van der Waals surface area contributed by atoms with E-state index in [0.717, 1.165) is 5.69 Å². The topological polar surface area (TPSA) is 60.5 Å². The fourth-order valence-electron chi connectivity index (χ4n) is 1.93. The zero-order chi connectivity index (χ0) is 14.6. The second-order valence-corrected chi connectivity index (χ2v) is 6.87. The molecule has 1 aromatic rings. The Morgan fingerprint density at radius 1 is 1.05 bits per heavy atom. The van der Waals surface area contributed by atoms with Gasteiger partial charge in [-0.3, -0.25) is 0 Å². The summed E-state index contributed by atoms with van der Waals surface area (Å²) in [4.78, 5) is 3.96. The number of sulfone groups is 1. The molecule has 0 amide bonds. The molecular formula is C13H21N2O3S. The number of anilines is 2. The third-order valence-corrected chi connectivity index (χ3v) is 4.62. The van der Waals surface area contributed by atoms with Crippen molar-refractivity contribution in [1.29, 1.82) is 0 Å². The normalized spacial score (nSPS) is 11.4. The van der Waals surface area contributed by atoms with Gasteiger partial charge in [-0.15, -0.1) is 0 Å². The van der Waals surface area contributed by atoms with Crippen molar-refractivity contribution in [3.05, 3.63) is 18.2 Å². The van der Waals surface area contributed by atoms with Crippen molar-refractivity contribution in [1.82, 2.24) is 0 Å². The summed E-state index contributed by atoms with van der Waals surface area (Å²) in [5.41, 5.74) is 1.51. The van der Waals surface area contributed by atoms with Gasteiger partial charge in [0.1, 0.15) is 0 Å². The fourth-order valence-corrected chi connectivity index (χ4v) is 3.52. The summed E-state index contributed by atoms with van der Waals surface area (Å²) < 4.78 is 24.6. The van der Waals surface area contributed by atoms with Crippen molar-refractivity contribution in [3.8, 4) is 0 Å². The van der Waals surface area contributed by atoms with E-state index in [1.807, 2.05) is 39.2 Å². The van der Waals surface area contributed by atoms with Crippen LogP contribution in [0, 0.1) is 0 Å². The van der Waals surface area contributed by atoms with Gasteiger partial charge in [0.25, 0.3) is 0 Å². The van der Waals surface area contributed by atoms with Crippen LogP contribution in [0.25, 0.3) is 0 Å². The fraction of sp³-hybridized carbons (Fsp3) is 0.538. The van der Waals surface area contributed by atoms with E-state index in [-0.39, 0.29) is 23.7 Å². The number of para-hydroxylation sites is 1. The van der Waals surface area contributed by atoms with Gasteiger partial charge in [-0.05, 0) is 18.6 Å². The lowest BCUT2D eigenvalue weighted by Gasteiger charge is -2.25. The molecular weight excluding hydrogens is 264 g/mol. The molecule has 5 nitrogen and oxygen atoms in total. The molecule has 0 aromatic heterocycles. The lowest BCUT2D eigenvalue weighted by atomic mass is 10.2. The summed E-state index contributed by atoms with van der Waals surface area (Å²) in [6, 6.07) is 5.21. The zero-order valence-corrected chi connectivity index (χ0v) is 12.7. The molecule has 0 spiro atoms. The van der Waals surface area contributed by atoms with E-state index >= 15 is 0 Å².